The fourth-order valence-electron chi connectivity index (χ4n) is 4.37. The molecule has 4 rings (SSSR count). The number of ether oxygens (including phenoxy) is 1. The average Bonchev–Trinajstić information content (AvgIpc) is 3.13. The van der Waals surface area contributed by atoms with Crippen LogP contribution in [0.5, 0.6) is 0 Å². The Morgan fingerprint density at radius 2 is 1.25 bits per heavy atom. The molecule has 3 atom stereocenters. The molecule has 1 heterocycles. The van der Waals surface area contributed by atoms with Crippen LogP contribution in [0.15, 0.2) is 91.0 Å². The van der Waals surface area contributed by atoms with Crippen LogP contribution in [0.2, 0.25) is 0 Å². The lowest BCUT2D eigenvalue weighted by atomic mass is 9.76. The molecule has 0 amide bonds. The number of hydrogen-bond donors (Lipinski definition) is 2. The number of aliphatic hydroxyl groups excluding tert-OH is 1. The molecule has 142 valence electrons. The van der Waals surface area contributed by atoms with Crippen LogP contribution in [-0.2, 0) is 10.3 Å². The molecule has 4 heteroatoms. The summed E-state index contributed by atoms with van der Waals surface area (Å²) >= 11 is 0. The molecule has 0 aliphatic carbocycles. The van der Waals surface area contributed by atoms with Crippen molar-refractivity contribution in [3.05, 3.63) is 108 Å². The molecule has 2 N–H and O–H groups in total. The molecule has 1 unspecified atom stereocenters. The van der Waals surface area contributed by atoms with Crippen LogP contribution in [0, 0.1) is 0 Å². The number of benzene rings is 3. The number of hydrogen-bond acceptors (Lipinski definition) is 3. The van der Waals surface area contributed by atoms with E-state index in [0.29, 0.717) is 0 Å². The molecule has 0 radical (unpaired) electrons. The van der Waals surface area contributed by atoms with Gasteiger partial charge in [0.1, 0.15) is 7.85 Å². The second-order valence-corrected chi connectivity index (χ2v) is 7.50. The Labute approximate surface area is 167 Å². The minimum Gasteiger partial charge on any atom is -0.394 e. The molecule has 1 aliphatic heterocycles. The van der Waals surface area contributed by atoms with Crippen LogP contribution < -0.4 is 5.32 Å². The van der Waals surface area contributed by atoms with Gasteiger partial charge in [0.15, 0.2) is 0 Å². The van der Waals surface area contributed by atoms with E-state index in [1.807, 2.05) is 18.2 Å². The zero-order valence-corrected chi connectivity index (χ0v) is 16.2. The van der Waals surface area contributed by atoms with Gasteiger partial charge in [0, 0.05) is 12.0 Å². The van der Waals surface area contributed by atoms with Gasteiger partial charge in [-0.3, -0.25) is 5.32 Å². The first-order valence-corrected chi connectivity index (χ1v) is 9.94. The highest BCUT2D eigenvalue weighted by molar-refractivity contribution is 6.11. The maximum absolute atomic E-state index is 9.90. The fourth-order valence-corrected chi connectivity index (χ4v) is 4.37. The molecule has 3 nitrogen and oxygen atoms in total. The van der Waals surface area contributed by atoms with Crippen LogP contribution in [0.1, 0.15) is 23.1 Å². The van der Waals surface area contributed by atoms with E-state index in [-0.39, 0.29) is 24.8 Å². The maximum atomic E-state index is 9.90. The molecular formula is C24H26BNO2. The molecular weight excluding hydrogens is 345 g/mol. The van der Waals surface area contributed by atoms with Gasteiger partial charge in [-0.15, -0.1) is 0 Å². The monoisotopic (exact) mass is 371 g/mol. The average molecular weight is 371 g/mol. The summed E-state index contributed by atoms with van der Waals surface area (Å²) in [7, 11) is 2.07. The first kappa shape index (κ1) is 18.9. The van der Waals surface area contributed by atoms with Crippen molar-refractivity contribution in [3.63, 3.8) is 0 Å². The van der Waals surface area contributed by atoms with Gasteiger partial charge in [-0.25, -0.2) is 0 Å². The van der Waals surface area contributed by atoms with Crippen molar-refractivity contribution in [1.29, 1.82) is 0 Å². The first-order valence-electron chi connectivity index (χ1n) is 9.94. The van der Waals surface area contributed by atoms with E-state index in [1.165, 1.54) is 16.7 Å². The lowest BCUT2D eigenvalue weighted by Crippen LogP contribution is -2.53. The summed E-state index contributed by atoms with van der Waals surface area (Å²) in [5, 5.41) is 13.8. The summed E-state index contributed by atoms with van der Waals surface area (Å²) in [5.41, 5.74) is 2.98. The molecule has 3 aromatic carbocycles. The van der Waals surface area contributed by atoms with E-state index in [1.54, 1.807) is 0 Å². The van der Waals surface area contributed by atoms with E-state index in [0.717, 1.165) is 6.42 Å². The van der Waals surface area contributed by atoms with Gasteiger partial charge in [-0.1, -0.05) is 91.0 Å². The fraction of sp³-hybridized carbons (Fsp3) is 0.250. The van der Waals surface area contributed by atoms with Crippen LogP contribution in [0.4, 0.5) is 0 Å². The normalized spacial score (nSPS) is 22.2. The van der Waals surface area contributed by atoms with Crippen molar-refractivity contribution in [2.24, 2.45) is 0 Å². The highest BCUT2D eigenvalue weighted by Gasteiger charge is 2.42. The largest absolute Gasteiger partial charge is 0.394 e. The van der Waals surface area contributed by atoms with Gasteiger partial charge >= 0.3 is 0 Å². The summed E-state index contributed by atoms with van der Waals surface area (Å²) in [5.74, 6) is 0. The SMILES string of the molecule is B[C@H]1CC(NC(c2ccccc2)(c2ccccc2)c2ccccc2)[C@@H](CO)O1. The topological polar surface area (TPSA) is 41.5 Å². The van der Waals surface area contributed by atoms with Gasteiger partial charge in [0.2, 0.25) is 0 Å². The quantitative estimate of drug-likeness (QED) is 0.517. The van der Waals surface area contributed by atoms with Crippen molar-refractivity contribution >= 4 is 7.85 Å². The second-order valence-electron chi connectivity index (χ2n) is 7.50. The van der Waals surface area contributed by atoms with Crippen molar-refractivity contribution in [2.45, 2.75) is 30.1 Å². The van der Waals surface area contributed by atoms with E-state index in [9.17, 15) is 5.11 Å². The van der Waals surface area contributed by atoms with Crippen molar-refractivity contribution in [2.75, 3.05) is 6.61 Å². The Morgan fingerprint density at radius 3 is 1.64 bits per heavy atom. The predicted molar refractivity (Wildman–Crippen MR) is 115 cm³/mol. The summed E-state index contributed by atoms with van der Waals surface area (Å²) in [4.78, 5) is 0. The second kappa shape index (κ2) is 8.32. The number of aliphatic hydroxyl groups is 1. The standard InChI is InChI=1S/C24H26BNO2/c25-23-16-21(22(17-27)28-23)26-24(18-10-4-1-5-11-18,19-12-6-2-7-13-19)20-14-8-3-9-15-20/h1-15,21-23,26-27H,16-17,25H2/t21?,22-,23-/m1/s1. The Kier molecular flexibility index (Phi) is 5.63. The minimum atomic E-state index is -0.532. The summed E-state index contributed by atoms with van der Waals surface area (Å²) < 4.78 is 5.96. The number of rotatable bonds is 6. The van der Waals surface area contributed by atoms with E-state index in [2.05, 4.69) is 86.0 Å². The molecule has 0 aromatic heterocycles. The molecule has 0 saturated carbocycles. The predicted octanol–water partition coefficient (Wildman–Crippen LogP) is 2.68. The minimum absolute atomic E-state index is 0.0104. The van der Waals surface area contributed by atoms with Gasteiger partial charge < -0.3 is 9.84 Å². The zero-order valence-electron chi connectivity index (χ0n) is 16.2. The van der Waals surface area contributed by atoms with Crippen LogP contribution in [0.3, 0.4) is 0 Å². The Bertz CT molecular complexity index is 776. The van der Waals surface area contributed by atoms with E-state index < -0.39 is 5.54 Å². The molecule has 0 bridgehead atoms. The van der Waals surface area contributed by atoms with Crippen LogP contribution in [-0.4, -0.2) is 37.7 Å². The lowest BCUT2D eigenvalue weighted by Gasteiger charge is -2.40. The third-order valence-corrected chi connectivity index (χ3v) is 5.64. The van der Waals surface area contributed by atoms with Crippen LogP contribution in [0.25, 0.3) is 0 Å². The van der Waals surface area contributed by atoms with Gasteiger partial charge in [-0.05, 0) is 23.1 Å². The highest BCUT2D eigenvalue weighted by atomic mass is 16.5. The van der Waals surface area contributed by atoms with Crippen molar-refractivity contribution in [3.8, 4) is 0 Å². The maximum Gasteiger partial charge on any atom is 0.139 e. The zero-order chi connectivity index (χ0) is 19.4. The molecule has 1 saturated heterocycles. The smallest absolute Gasteiger partial charge is 0.139 e. The summed E-state index contributed by atoms with van der Waals surface area (Å²) in [6.07, 6.45) is 0.643. The molecule has 0 spiro atoms. The van der Waals surface area contributed by atoms with Gasteiger partial charge in [0.25, 0.3) is 0 Å². The third-order valence-electron chi connectivity index (χ3n) is 5.64. The van der Waals surface area contributed by atoms with Crippen molar-refractivity contribution < 1.29 is 9.84 Å². The molecule has 1 fully saturated rings. The number of nitrogens with one attached hydrogen (secondary N) is 1. The third kappa shape index (κ3) is 3.51. The van der Waals surface area contributed by atoms with Crippen molar-refractivity contribution in [1.82, 2.24) is 5.32 Å². The van der Waals surface area contributed by atoms with Gasteiger partial charge in [0.05, 0.1) is 18.2 Å². The first-order chi connectivity index (χ1) is 13.7. The Morgan fingerprint density at radius 1 is 0.821 bits per heavy atom. The van der Waals surface area contributed by atoms with E-state index in [4.69, 9.17) is 4.74 Å². The molecule has 3 aromatic rings. The Hall–Kier alpha value is -2.40. The molecule has 28 heavy (non-hydrogen) atoms. The summed E-state index contributed by atoms with van der Waals surface area (Å²) in [6.45, 7) is 0.0104. The molecule has 1 aliphatic rings. The Balaban J connectivity index is 1.91. The highest BCUT2D eigenvalue weighted by Crippen LogP contribution is 2.38. The lowest BCUT2D eigenvalue weighted by molar-refractivity contribution is 0.0308. The van der Waals surface area contributed by atoms with Gasteiger partial charge in [-0.2, -0.15) is 0 Å². The summed E-state index contributed by atoms with van der Waals surface area (Å²) in [6, 6.07) is 31.8. The van der Waals surface area contributed by atoms with E-state index >= 15 is 0 Å². The van der Waals surface area contributed by atoms with Crippen LogP contribution >= 0.6 is 0 Å².